The summed E-state index contributed by atoms with van der Waals surface area (Å²) < 4.78 is 5.69. The highest BCUT2D eigenvalue weighted by Crippen LogP contribution is 2.29. The summed E-state index contributed by atoms with van der Waals surface area (Å²) in [5.74, 6) is 1.07. The average Bonchev–Trinajstić information content (AvgIpc) is 2.68. The van der Waals surface area contributed by atoms with Crippen LogP contribution < -0.4 is 15.4 Å². The van der Waals surface area contributed by atoms with E-state index >= 15 is 0 Å². The van der Waals surface area contributed by atoms with E-state index in [1.165, 1.54) is 17.5 Å². The quantitative estimate of drug-likeness (QED) is 0.735. The zero-order valence-electron chi connectivity index (χ0n) is 10.8. The fourth-order valence-electron chi connectivity index (χ4n) is 2.21. The molecule has 0 aromatic heterocycles. The van der Waals surface area contributed by atoms with Crippen molar-refractivity contribution < 1.29 is 4.74 Å². The van der Waals surface area contributed by atoms with Crippen LogP contribution in [0.3, 0.4) is 0 Å². The molecule has 0 saturated heterocycles. The number of rotatable bonds is 6. The highest BCUT2D eigenvalue weighted by atomic mass is 16.5. The summed E-state index contributed by atoms with van der Waals surface area (Å²) >= 11 is 0. The molecule has 1 aliphatic rings. The van der Waals surface area contributed by atoms with Crippen molar-refractivity contribution in [3.05, 3.63) is 29.3 Å². The van der Waals surface area contributed by atoms with Crippen LogP contribution >= 0.6 is 0 Å². The minimum atomic E-state index is 0.337. The SMILES string of the molecule is CNCCCNCc1ccc2c(c1)CC(C)O2. The molecule has 0 fully saturated rings. The first-order valence-corrected chi connectivity index (χ1v) is 6.43. The molecule has 1 heterocycles. The molecular weight excluding hydrogens is 212 g/mol. The predicted molar refractivity (Wildman–Crippen MR) is 70.5 cm³/mol. The van der Waals surface area contributed by atoms with Crippen molar-refractivity contribution in [2.24, 2.45) is 0 Å². The molecular formula is C14H22N2O. The smallest absolute Gasteiger partial charge is 0.123 e. The Morgan fingerprint density at radius 2 is 2.24 bits per heavy atom. The van der Waals surface area contributed by atoms with Crippen LogP contribution in [-0.2, 0) is 13.0 Å². The van der Waals surface area contributed by atoms with Crippen LogP contribution in [0.2, 0.25) is 0 Å². The van der Waals surface area contributed by atoms with Crippen LogP contribution in [0.25, 0.3) is 0 Å². The molecule has 1 unspecified atom stereocenters. The van der Waals surface area contributed by atoms with Crippen molar-refractivity contribution in [2.75, 3.05) is 20.1 Å². The standard InChI is InChI=1S/C14H22N2O/c1-11-8-13-9-12(4-5-14(13)17-11)10-16-7-3-6-15-2/h4-5,9,11,15-16H,3,6-8,10H2,1-2H3. The van der Waals surface area contributed by atoms with Gasteiger partial charge in [-0.2, -0.15) is 0 Å². The van der Waals surface area contributed by atoms with Gasteiger partial charge < -0.3 is 15.4 Å². The second-order valence-electron chi connectivity index (χ2n) is 4.71. The van der Waals surface area contributed by atoms with Crippen molar-refractivity contribution in [2.45, 2.75) is 32.4 Å². The van der Waals surface area contributed by atoms with Crippen LogP contribution in [0, 0.1) is 0 Å². The van der Waals surface area contributed by atoms with Crippen molar-refractivity contribution in [1.29, 1.82) is 0 Å². The summed E-state index contributed by atoms with van der Waals surface area (Å²) in [6.45, 7) is 5.20. The number of hydrogen-bond acceptors (Lipinski definition) is 3. The third kappa shape index (κ3) is 3.45. The van der Waals surface area contributed by atoms with Gasteiger partial charge in [-0.15, -0.1) is 0 Å². The van der Waals surface area contributed by atoms with E-state index in [-0.39, 0.29) is 0 Å². The van der Waals surface area contributed by atoms with Crippen molar-refractivity contribution >= 4 is 0 Å². The Kier molecular flexibility index (Phi) is 4.40. The Balaban J connectivity index is 1.80. The van der Waals surface area contributed by atoms with Crippen LogP contribution in [-0.4, -0.2) is 26.2 Å². The van der Waals surface area contributed by atoms with Crippen molar-refractivity contribution in [3.8, 4) is 5.75 Å². The van der Waals surface area contributed by atoms with Gasteiger partial charge in [0.1, 0.15) is 11.9 Å². The van der Waals surface area contributed by atoms with Gasteiger partial charge in [-0.1, -0.05) is 12.1 Å². The third-order valence-electron chi connectivity index (χ3n) is 3.07. The molecule has 0 bridgehead atoms. The fraction of sp³-hybridized carbons (Fsp3) is 0.571. The second kappa shape index (κ2) is 6.03. The zero-order chi connectivity index (χ0) is 12.1. The lowest BCUT2D eigenvalue weighted by molar-refractivity contribution is 0.254. The summed E-state index contributed by atoms with van der Waals surface area (Å²) in [5, 5.41) is 6.61. The first-order valence-electron chi connectivity index (χ1n) is 6.43. The van der Waals surface area contributed by atoms with Crippen LogP contribution in [0.4, 0.5) is 0 Å². The molecule has 0 spiro atoms. The highest BCUT2D eigenvalue weighted by Gasteiger charge is 2.18. The van der Waals surface area contributed by atoms with E-state index in [0.29, 0.717) is 6.10 Å². The third-order valence-corrected chi connectivity index (χ3v) is 3.07. The largest absolute Gasteiger partial charge is 0.490 e. The van der Waals surface area contributed by atoms with E-state index in [0.717, 1.165) is 31.8 Å². The van der Waals surface area contributed by atoms with Gasteiger partial charge in [-0.3, -0.25) is 0 Å². The van der Waals surface area contributed by atoms with Gasteiger partial charge in [0.2, 0.25) is 0 Å². The molecule has 2 N–H and O–H groups in total. The van der Waals surface area contributed by atoms with Crippen LogP contribution in [0.15, 0.2) is 18.2 Å². The maximum absolute atomic E-state index is 5.69. The molecule has 94 valence electrons. The molecule has 3 heteroatoms. The highest BCUT2D eigenvalue weighted by molar-refractivity contribution is 5.40. The summed E-state index contributed by atoms with van der Waals surface area (Å²) in [6.07, 6.45) is 2.55. The summed E-state index contributed by atoms with van der Waals surface area (Å²) in [6, 6.07) is 6.52. The summed E-state index contributed by atoms with van der Waals surface area (Å²) in [5.41, 5.74) is 2.71. The maximum Gasteiger partial charge on any atom is 0.123 e. The van der Waals surface area contributed by atoms with Gasteiger partial charge >= 0.3 is 0 Å². The van der Waals surface area contributed by atoms with Crippen molar-refractivity contribution in [3.63, 3.8) is 0 Å². The Labute approximate surface area is 104 Å². The molecule has 0 saturated carbocycles. The van der Waals surface area contributed by atoms with Gasteiger partial charge in [0.05, 0.1) is 0 Å². The monoisotopic (exact) mass is 234 g/mol. The molecule has 1 aromatic carbocycles. The van der Waals surface area contributed by atoms with Crippen LogP contribution in [0.5, 0.6) is 5.75 Å². The molecule has 0 aliphatic carbocycles. The predicted octanol–water partition coefficient (Wildman–Crippen LogP) is 1.71. The molecule has 1 aromatic rings. The first kappa shape index (κ1) is 12.4. The van der Waals surface area contributed by atoms with E-state index in [2.05, 4.69) is 35.8 Å². The maximum atomic E-state index is 5.69. The Morgan fingerprint density at radius 3 is 3.06 bits per heavy atom. The number of hydrogen-bond donors (Lipinski definition) is 2. The molecule has 3 nitrogen and oxygen atoms in total. The van der Waals surface area contributed by atoms with E-state index in [1.54, 1.807) is 0 Å². The minimum absolute atomic E-state index is 0.337. The lowest BCUT2D eigenvalue weighted by Gasteiger charge is -2.06. The molecule has 2 rings (SSSR count). The fourth-order valence-corrected chi connectivity index (χ4v) is 2.21. The van der Waals surface area contributed by atoms with Gasteiger partial charge in [0.15, 0.2) is 0 Å². The lowest BCUT2D eigenvalue weighted by Crippen LogP contribution is -2.19. The molecule has 0 radical (unpaired) electrons. The van der Waals surface area contributed by atoms with Crippen LogP contribution in [0.1, 0.15) is 24.5 Å². The molecule has 17 heavy (non-hydrogen) atoms. The van der Waals surface area contributed by atoms with E-state index < -0.39 is 0 Å². The van der Waals surface area contributed by atoms with E-state index in [4.69, 9.17) is 4.74 Å². The summed E-state index contributed by atoms with van der Waals surface area (Å²) in [4.78, 5) is 0. The number of nitrogens with one attached hydrogen (secondary N) is 2. The molecule has 1 aliphatic heterocycles. The van der Waals surface area contributed by atoms with Crippen molar-refractivity contribution in [1.82, 2.24) is 10.6 Å². The van der Waals surface area contributed by atoms with Gasteiger partial charge in [-0.25, -0.2) is 0 Å². The Bertz CT molecular complexity index is 365. The normalized spacial score (nSPS) is 17.9. The first-order chi connectivity index (χ1) is 8.29. The second-order valence-corrected chi connectivity index (χ2v) is 4.71. The topological polar surface area (TPSA) is 33.3 Å². The summed E-state index contributed by atoms with van der Waals surface area (Å²) in [7, 11) is 1.99. The van der Waals surface area contributed by atoms with E-state index in [1.807, 2.05) is 7.05 Å². The number of benzene rings is 1. The van der Waals surface area contributed by atoms with Gasteiger partial charge in [-0.05, 0) is 50.7 Å². The van der Waals surface area contributed by atoms with E-state index in [9.17, 15) is 0 Å². The lowest BCUT2D eigenvalue weighted by atomic mass is 10.1. The van der Waals surface area contributed by atoms with Gasteiger partial charge in [0.25, 0.3) is 0 Å². The Hall–Kier alpha value is -1.06. The molecule has 0 amide bonds. The number of fused-ring (bicyclic) bond motifs is 1. The molecule has 1 atom stereocenters. The zero-order valence-corrected chi connectivity index (χ0v) is 10.8. The Morgan fingerprint density at radius 1 is 1.35 bits per heavy atom. The van der Waals surface area contributed by atoms with Gasteiger partial charge in [0, 0.05) is 13.0 Å². The average molecular weight is 234 g/mol. The number of ether oxygens (including phenoxy) is 1. The minimum Gasteiger partial charge on any atom is -0.490 e.